The second kappa shape index (κ2) is 6.97. The van der Waals surface area contributed by atoms with Crippen LogP contribution in [-0.4, -0.2) is 37.4 Å². The van der Waals surface area contributed by atoms with E-state index in [0.717, 1.165) is 29.9 Å². The van der Waals surface area contributed by atoms with E-state index < -0.39 is 0 Å². The third-order valence-corrected chi connectivity index (χ3v) is 4.57. The molecule has 2 aromatic carbocycles. The van der Waals surface area contributed by atoms with Crippen molar-refractivity contribution >= 4 is 23.2 Å². The van der Waals surface area contributed by atoms with Gasteiger partial charge in [-0.1, -0.05) is 6.07 Å². The summed E-state index contributed by atoms with van der Waals surface area (Å²) >= 11 is 0. The van der Waals surface area contributed by atoms with Gasteiger partial charge < -0.3 is 15.1 Å². The van der Waals surface area contributed by atoms with E-state index in [9.17, 15) is 9.59 Å². The van der Waals surface area contributed by atoms with E-state index in [0.29, 0.717) is 12.1 Å². The highest BCUT2D eigenvalue weighted by molar-refractivity contribution is 6.04. The smallest absolute Gasteiger partial charge is 0.255 e. The Labute approximate surface area is 148 Å². The van der Waals surface area contributed by atoms with Gasteiger partial charge in [-0.3, -0.25) is 9.59 Å². The van der Waals surface area contributed by atoms with Crippen LogP contribution in [0.4, 0.5) is 11.4 Å². The largest absolute Gasteiger partial charge is 0.378 e. The molecule has 0 bridgehead atoms. The number of carbonyl (C=O) groups is 2. The predicted molar refractivity (Wildman–Crippen MR) is 100.0 cm³/mol. The zero-order valence-corrected chi connectivity index (χ0v) is 14.9. The molecule has 25 heavy (non-hydrogen) atoms. The summed E-state index contributed by atoms with van der Waals surface area (Å²) in [6.45, 7) is 2.95. The molecule has 0 saturated carbocycles. The average Bonchev–Trinajstić information content (AvgIpc) is 2.61. The zero-order chi connectivity index (χ0) is 18.0. The van der Waals surface area contributed by atoms with Gasteiger partial charge in [-0.25, -0.2) is 0 Å². The number of anilines is 2. The van der Waals surface area contributed by atoms with Gasteiger partial charge in [-0.2, -0.15) is 0 Å². The Morgan fingerprint density at radius 3 is 2.40 bits per heavy atom. The molecular formula is C20H23N3O2. The summed E-state index contributed by atoms with van der Waals surface area (Å²) in [7, 11) is 3.93. The maximum absolute atomic E-state index is 12.4. The minimum atomic E-state index is -0.135. The SMILES string of the molecule is CC(=O)N1CCc2ccc(NC(=O)c3ccc(N(C)C)cc3)cc2C1. The number of rotatable bonds is 3. The van der Waals surface area contributed by atoms with Crippen LogP contribution in [-0.2, 0) is 17.8 Å². The first-order valence-electron chi connectivity index (χ1n) is 8.40. The molecular weight excluding hydrogens is 314 g/mol. The first kappa shape index (κ1) is 17.0. The summed E-state index contributed by atoms with van der Waals surface area (Å²) in [6.07, 6.45) is 0.856. The van der Waals surface area contributed by atoms with Gasteiger partial charge in [0.05, 0.1) is 0 Å². The van der Waals surface area contributed by atoms with Crippen molar-refractivity contribution in [3.8, 4) is 0 Å². The Morgan fingerprint density at radius 2 is 1.76 bits per heavy atom. The lowest BCUT2D eigenvalue weighted by molar-refractivity contribution is -0.129. The molecule has 0 aromatic heterocycles. The van der Waals surface area contributed by atoms with E-state index in [1.807, 2.05) is 66.4 Å². The van der Waals surface area contributed by atoms with Gasteiger partial charge >= 0.3 is 0 Å². The van der Waals surface area contributed by atoms with Crippen LogP contribution < -0.4 is 10.2 Å². The topological polar surface area (TPSA) is 52.7 Å². The van der Waals surface area contributed by atoms with E-state index >= 15 is 0 Å². The Balaban J connectivity index is 1.74. The highest BCUT2D eigenvalue weighted by atomic mass is 16.2. The van der Waals surface area contributed by atoms with Crippen LogP contribution >= 0.6 is 0 Å². The standard InChI is InChI=1S/C20H23N3O2/c1-14(24)23-11-10-15-4-7-18(12-17(15)13-23)21-20(25)16-5-8-19(9-6-16)22(2)3/h4-9,12H,10-11,13H2,1-3H3,(H,21,25). The van der Waals surface area contributed by atoms with Gasteiger partial charge in [0.2, 0.25) is 5.91 Å². The third kappa shape index (κ3) is 3.82. The maximum atomic E-state index is 12.4. The fourth-order valence-electron chi connectivity index (χ4n) is 3.02. The lowest BCUT2D eigenvalue weighted by Gasteiger charge is -2.28. The van der Waals surface area contributed by atoms with Crippen LogP contribution in [0.5, 0.6) is 0 Å². The van der Waals surface area contributed by atoms with Gasteiger partial charge in [-0.05, 0) is 53.9 Å². The van der Waals surface area contributed by atoms with Crippen molar-refractivity contribution in [3.05, 3.63) is 59.2 Å². The summed E-state index contributed by atoms with van der Waals surface area (Å²) in [4.78, 5) is 27.9. The molecule has 1 N–H and O–H groups in total. The summed E-state index contributed by atoms with van der Waals surface area (Å²) in [5.74, 6) is -0.0504. The quantitative estimate of drug-likeness (QED) is 0.937. The van der Waals surface area contributed by atoms with Gasteiger partial charge in [0.25, 0.3) is 5.91 Å². The number of carbonyl (C=O) groups excluding carboxylic acids is 2. The van der Waals surface area contributed by atoms with Gasteiger partial charge in [0, 0.05) is 51.0 Å². The third-order valence-electron chi connectivity index (χ3n) is 4.57. The number of nitrogens with one attached hydrogen (secondary N) is 1. The van der Waals surface area contributed by atoms with Crippen LogP contribution in [0.3, 0.4) is 0 Å². The summed E-state index contributed by atoms with van der Waals surface area (Å²) < 4.78 is 0. The second-order valence-electron chi connectivity index (χ2n) is 6.57. The number of fused-ring (bicyclic) bond motifs is 1. The average molecular weight is 337 g/mol. The Morgan fingerprint density at radius 1 is 1.04 bits per heavy atom. The normalized spacial score (nSPS) is 13.2. The van der Waals surface area contributed by atoms with E-state index in [1.54, 1.807) is 6.92 Å². The molecule has 0 fully saturated rings. The molecule has 0 spiro atoms. The molecule has 1 aliphatic rings. The number of benzene rings is 2. The molecule has 1 heterocycles. The van der Waals surface area contributed by atoms with Crippen LogP contribution in [0.1, 0.15) is 28.4 Å². The van der Waals surface area contributed by atoms with Crippen molar-refractivity contribution in [2.24, 2.45) is 0 Å². The zero-order valence-electron chi connectivity index (χ0n) is 14.9. The molecule has 0 aliphatic carbocycles. The summed E-state index contributed by atoms with van der Waals surface area (Å²) in [5, 5.41) is 2.95. The summed E-state index contributed by atoms with van der Waals surface area (Å²) in [6, 6.07) is 13.4. The highest BCUT2D eigenvalue weighted by Crippen LogP contribution is 2.23. The molecule has 0 atom stereocenters. The van der Waals surface area contributed by atoms with E-state index in [-0.39, 0.29) is 11.8 Å². The predicted octanol–water partition coefficient (Wildman–Crippen LogP) is 2.91. The highest BCUT2D eigenvalue weighted by Gasteiger charge is 2.18. The van der Waals surface area contributed by atoms with E-state index in [2.05, 4.69) is 5.32 Å². The van der Waals surface area contributed by atoms with Crippen LogP contribution in [0.2, 0.25) is 0 Å². The number of amides is 2. The molecule has 0 saturated heterocycles. The van der Waals surface area contributed by atoms with Crippen molar-refractivity contribution in [2.45, 2.75) is 19.9 Å². The van der Waals surface area contributed by atoms with Gasteiger partial charge in [0.15, 0.2) is 0 Å². The van der Waals surface area contributed by atoms with Crippen LogP contribution in [0.25, 0.3) is 0 Å². The summed E-state index contributed by atoms with van der Waals surface area (Å²) in [5.41, 5.74) is 4.77. The molecule has 3 rings (SSSR count). The molecule has 130 valence electrons. The molecule has 2 amide bonds. The Hall–Kier alpha value is -2.82. The molecule has 5 heteroatoms. The molecule has 1 aliphatic heterocycles. The number of hydrogen-bond donors (Lipinski definition) is 1. The lowest BCUT2D eigenvalue weighted by Crippen LogP contribution is -2.34. The monoisotopic (exact) mass is 337 g/mol. The second-order valence-corrected chi connectivity index (χ2v) is 6.57. The minimum Gasteiger partial charge on any atom is -0.378 e. The van der Waals surface area contributed by atoms with Crippen molar-refractivity contribution in [2.75, 3.05) is 30.9 Å². The lowest BCUT2D eigenvalue weighted by atomic mass is 9.99. The minimum absolute atomic E-state index is 0.0843. The molecule has 2 aromatic rings. The van der Waals surface area contributed by atoms with Crippen molar-refractivity contribution in [1.82, 2.24) is 4.90 Å². The Kier molecular flexibility index (Phi) is 4.74. The number of hydrogen-bond acceptors (Lipinski definition) is 3. The number of nitrogens with zero attached hydrogens (tertiary/aromatic N) is 2. The van der Waals surface area contributed by atoms with E-state index in [1.165, 1.54) is 5.56 Å². The van der Waals surface area contributed by atoms with Crippen molar-refractivity contribution in [1.29, 1.82) is 0 Å². The first-order chi connectivity index (χ1) is 11.9. The Bertz CT molecular complexity index is 797. The van der Waals surface area contributed by atoms with Gasteiger partial charge in [-0.15, -0.1) is 0 Å². The molecule has 5 nitrogen and oxygen atoms in total. The van der Waals surface area contributed by atoms with Crippen molar-refractivity contribution in [3.63, 3.8) is 0 Å². The van der Waals surface area contributed by atoms with Crippen LogP contribution in [0, 0.1) is 0 Å². The fraction of sp³-hybridized carbons (Fsp3) is 0.300. The first-order valence-corrected chi connectivity index (χ1v) is 8.40. The van der Waals surface area contributed by atoms with E-state index in [4.69, 9.17) is 0 Å². The van der Waals surface area contributed by atoms with Crippen molar-refractivity contribution < 1.29 is 9.59 Å². The van der Waals surface area contributed by atoms with Crippen LogP contribution in [0.15, 0.2) is 42.5 Å². The van der Waals surface area contributed by atoms with Gasteiger partial charge in [0.1, 0.15) is 0 Å². The maximum Gasteiger partial charge on any atom is 0.255 e. The molecule has 0 radical (unpaired) electrons. The molecule has 0 unspecified atom stereocenters. The fourth-order valence-corrected chi connectivity index (χ4v) is 3.02.